The number of nitrogens with one attached hydrogen (secondary N) is 1. The van der Waals surface area contributed by atoms with Crippen molar-refractivity contribution in [2.24, 2.45) is 0 Å². The molecule has 0 aliphatic heterocycles. The van der Waals surface area contributed by atoms with Crippen LogP contribution in [0.25, 0.3) is 0 Å². The summed E-state index contributed by atoms with van der Waals surface area (Å²) in [4.78, 5) is -0.923. The maximum absolute atomic E-state index is 13.5. The van der Waals surface area contributed by atoms with E-state index in [4.69, 9.17) is 0 Å². The van der Waals surface area contributed by atoms with E-state index in [9.17, 15) is 21.6 Å². The van der Waals surface area contributed by atoms with Gasteiger partial charge in [0, 0.05) is 6.54 Å². The molecule has 21 heavy (non-hydrogen) atoms. The Morgan fingerprint density at radius 2 is 1.57 bits per heavy atom. The first-order valence-electron chi connectivity index (χ1n) is 6.00. The first kappa shape index (κ1) is 15.5. The van der Waals surface area contributed by atoms with Crippen LogP contribution in [0.4, 0.5) is 13.2 Å². The third-order valence-electron chi connectivity index (χ3n) is 2.88. The summed E-state index contributed by atoms with van der Waals surface area (Å²) in [5, 5.41) is 0. The molecule has 0 radical (unpaired) electrons. The Hall–Kier alpha value is -1.86. The normalized spacial score (nSPS) is 11.6. The molecule has 0 amide bonds. The number of halogens is 3. The fourth-order valence-electron chi connectivity index (χ4n) is 1.68. The lowest BCUT2D eigenvalue weighted by Gasteiger charge is -2.08. The molecule has 0 aliphatic rings. The zero-order valence-electron chi connectivity index (χ0n) is 11.0. The molecule has 2 aromatic carbocycles. The van der Waals surface area contributed by atoms with Gasteiger partial charge in [-0.15, -0.1) is 0 Å². The van der Waals surface area contributed by atoms with E-state index in [2.05, 4.69) is 4.72 Å². The van der Waals surface area contributed by atoms with Crippen molar-refractivity contribution in [2.45, 2.75) is 18.4 Å². The molecule has 0 atom stereocenters. The monoisotopic (exact) mass is 315 g/mol. The molecule has 2 rings (SSSR count). The molecule has 7 heteroatoms. The summed E-state index contributed by atoms with van der Waals surface area (Å²) >= 11 is 0. The molecular formula is C14H12F3NO2S. The molecule has 0 heterocycles. The van der Waals surface area contributed by atoms with E-state index in [0.29, 0.717) is 17.7 Å². The summed E-state index contributed by atoms with van der Waals surface area (Å²) in [6.07, 6.45) is 0. The SMILES string of the molecule is Cc1ccc(CNS(=O)(=O)c2ccc(F)c(F)c2F)cc1. The molecule has 0 saturated heterocycles. The van der Waals surface area contributed by atoms with Gasteiger partial charge in [0.2, 0.25) is 10.0 Å². The molecule has 112 valence electrons. The van der Waals surface area contributed by atoms with Gasteiger partial charge < -0.3 is 0 Å². The molecule has 0 unspecified atom stereocenters. The van der Waals surface area contributed by atoms with Gasteiger partial charge in [-0.05, 0) is 24.6 Å². The summed E-state index contributed by atoms with van der Waals surface area (Å²) in [7, 11) is -4.27. The molecule has 3 nitrogen and oxygen atoms in total. The van der Waals surface area contributed by atoms with Gasteiger partial charge in [-0.2, -0.15) is 0 Å². The smallest absolute Gasteiger partial charge is 0.207 e. The molecule has 1 N–H and O–H groups in total. The van der Waals surface area contributed by atoms with E-state index in [-0.39, 0.29) is 6.54 Å². The summed E-state index contributed by atoms with van der Waals surface area (Å²) in [6, 6.07) is 8.26. The average Bonchev–Trinajstić information content (AvgIpc) is 2.44. The van der Waals surface area contributed by atoms with Crippen LogP contribution < -0.4 is 4.72 Å². The molecule has 0 aliphatic carbocycles. The highest BCUT2D eigenvalue weighted by molar-refractivity contribution is 7.89. The van der Waals surface area contributed by atoms with E-state index < -0.39 is 32.4 Å². The minimum absolute atomic E-state index is 0.0823. The Kier molecular flexibility index (Phi) is 4.34. The Labute approximate surface area is 120 Å². The molecule has 2 aromatic rings. The van der Waals surface area contributed by atoms with Crippen LogP contribution in [0.5, 0.6) is 0 Å². The van der Waals surface area contributed by atoms with Crippen molar-refractivity contribution in [3.63, 3.8) is 0 Å². The van der Waals surface area contributed by atoms with Crippen molar-refractivity contribution in [2.75, 3.05) is 0 Å². The fraction of sp³-hybridized carbons (Fsp3) is 0.143. The van der Waals surface area contributed by atoms with Gasteiger partial charge in [0.25, 0.3) is 0 Å². The molecule has 0 aromatic heterocycles. The first-order chi connectivity index (χ1) is 9.81. The maximum atomic E-state index is 13.5. The third-order valence-corrected chi connectivity index (χ3v) is 4.29. The van der Waals surface area contributed by atoms with Gasteiger partial charge in [0.15, 0.2) is 17.5 Å². The second kappa shape index (κ2) is 5.87. The van der Waals surface area contributed by atoms with Gasteiger partial charge in [-0.25, -0.2) is 26.3 Å². The Morgan fingerprint density at radius 1 is 0.952 bits per heavy atom. The van der Waals surface area contributed by atoms with Gasteiger partial charge in [0.1, 0.15) is 4.90 Å². The zero-order chi connectivity index (χ0) is 15.6. The topological polar surface area (TPSA) is 46.2 Å². The predicted octanol–water partition coefficient (Wildman–Crippen LogP) is 2.89. The van der Waals surface area contributed by atoms with Crippen LogP contribution in [0.15, 0.2) is 41.3 Å². The zero-order valence-corrected chi connectivity index (χ0v) is 11.8. The summed E-state index contributed by atoms with van der Waals surface area (Å²) in [5.41, 5.74) is 1.67. The predicted molar refractivity (Wildman–Crippen MR) is 71.5 cm³/mol. The summed E-state index contributed by atoms with van der Waals surface area (Å²) < 4.78 is 65.4. The summed E-state index contributed by atoms with van der Waals surface area (Å²) in [5.74, 6) is -4.98. The largest absolute Gasteiger partial charge is 0.243 e. The molecule has 0 bridgehead atoms. The second-order valence-electron chi connectivity index (χ2n) is 4.48. The first-order valence-corrected chi connectivity index (χ1v) is 7.48. The van der Waals surface area contributed by atoms with E-state index >= 15 is 0 Å². The highest BCUT2D eigenvalue weighted by atomic mass is 32.2. The number of aryl methyl sites for hydroxylation is 1. The van der Waals surface area contributed by atoms with Gasteiger partial charge in [-0.3, -0.25) is 0 Å². The van der Waals surface area contributed by atoms with Crippen LogP contribution in [0.2, 0.25) is 0 Å². The second-order valence-corrected chi connectivity index (χ2v) is 6.22. The highest BCUT2D eigenvalue weighted by Gasteiger charge is 2.23. The van der Waals surface area contributed by atoms with Crippen molar-refractivity contribution in [3.8, 4) is 0 Å². The molecular weight excluding hydrogens is 303 g/mol. The van der Waals surface area contributed by atoms with Crippen molar-refractivity contribution >= 4 is 10.0 Å². The summed E-state index contributed by atoms with van der Waals surface area (Å²) in [6.45, 7) is 1.80. The number of sulfonamides is 1. The van der Waals surface area contributed by atoms with Crippen LogP contribution >= 0.6 is 0 Å². The number of hydrogen-bond acceptors (Lipinski definition) is 2. The van der Waals surface area contributed by atoms with Crippen molar-refractivity contribution in [1.29, 1.82) is 0 Å². The average molecular weight is 315 g/mol. The fourth-order valence-corrected chi connectivity index (χ4v) is 2.76. The molecule has 0 fully saturated rings. The van der Waals surface area contributed by atoms with Crippen LogP contribution in [-0.4, -0.2) is 8.42 Å². The van der Waals surface area contributed by atoms with Crippen LogP contribution in [0.3, 0.4) is 0 Å². The van der Waals surface area contributed by atoms with Crippen LogP contribution in [-0.2, 0) is 16.6 Å². The Bertz CT molecular complexity index is 759. The van der Waals surface area contributed by atoms with E-state index in [1.807, 2.05) is 6.92 Å². The highest BCUT2D eigenvalue weighted by Crippen LogP contribution is 2.19. The number of hydrogen-bond donors (Lipinski definition) is 1. The van der Waals surface area contributed by atoms with Gasteiger partial charge in [-0.1, -0.05) is 29.8 Å². The van der Waals surface area contributed by atoms with E-state index in [1.165, 1.54) is 0 Å². The van der Waals surface area contributed by atoms with Gasteiger partial charge in [0.05, 0.1) is 0 Å². The lowest BCUT2D eigenvalue weighted by molar-refractivity contribution is 0.431. The maximum Gasteiger partial charge on any atom is 0.243 e. The van der Waals surface area contributed by atoms with Crippen LogP contribution in [0, 0.1) is 24.4 Å². The van der Waals surface area contributed by atoms with E-state index in [0.717, 1.165) is 5.56 Å². The van der Waals surface area contributed by atoms with E-state index in [1.54, 1.807) is 24.3 Å². The lowest BCUT2D eigenvalue weighted by Crippen LogP contribution is -2.24. The minimum Gasteiger partial charge on any atom is -0.207 e. The van der Waals surface area contributed by atoms with Crippen LogP contribution in [0.1, 0.15) is 11.1 Å². The minimum atomic E-state index is -4.27. The van der Waals surface area contributed by atoms with Crippen molar-refractivity contribution in [1.82, 2.24) is 4.72 Å². The lowest BCUT2D eigenvalue weighted by atomic mass is 10.2. The third kappa shape index (κ3) is 3.43. The number of rotatable bonds is 4. The standard InChI is InChI=1S/C14H12F3NO2S/c1-9-2-4-10(5-3-9)8-18-21(19,20)12-7-6-11(15)13(16)14(12)17/h2-7,18H,8H2,1H3. The molecule has 0 spiro atoms. The molecule has 0 saturated carbocycles. The van der Waals surface area contributed by atoms with Gasteiger partial charge >= 0.3 is 0 Å². The van der Waals surface area contributed by atoms with Crippen molar-refractivity contribution < 1.29 is 21.6 Å². The Balaban J connectivity index is 2.23. The number of benzene rings is 2. The van der Waals surface area contributed by atoms with Crippen molar-refractivity contribution in [3.05, 3.63) is 65.0 Å². The quantitative estimate of drug-likeness (QED) is 0.882. The Morgan fingerprint density at radius 3 is 2.19 bits per heavy atom.